The average molecular weight is 208 g/mol. The minimum atomic E-state index is -0.514. The Balaban J connectivity index is 0. The molecule has 14 heavy (non-hydrogen) atoms. The number of carbonyl (C=O) groups is 1. The molecule has 0 rings (SSSR count). The molecule has 0 heterocycles. The third-order valence-electron chi connectivity index (χ3n) is 1.22. The summed E-state index contributed by atoms with van der Waals surface area (Å²) in [6.07, 6.45) is 1.37. The maximum absolute atomic E-state index is 10.2. The molecule has 0 fully saturated rings. The first-order chi connectivity index (χ1) is 6.65. The number of hydrogen-bond acceptors (Lipinski definition) is 5. The highest BCUT2D eigenvalue weighted by Crippen LogP contribution is 1.87. The molecule has 0 saturated carbocycles. The van der Waals surface area contributed by atoms with Crippen molar-refractivity contribution >= 4 is 5.91 Å². The van der Waals surface area contributed by atoms with Crippen molar-refractivity contribution in [2.75, 3.05) is 21.3 Å². The molecule has 0 aliphatic rings. The molecule has 0 aliphatic carbocycles. The second-order valence-corrected chi connectivity index (χ2v) is 2.31. The van der Waals surface area contributed by atoms with Crippen molar-refractivity contribution in [2.45, 2.75) is 26.2 Å². The van der Waals surface area contributed by atoms with E-state index in [1.807, 2.05) is 12.3 Å². The molecule has 3 N–H and O–H groups in total. The van der Waals surface area contributed by atoms with Gasteiger partial charge in [-0.3, -0.25) is 10.2 Å². The lowest BCUT2D eigenvalue weighted by molar-refractivity contribution is -0.252. The normalized spacial score (nSPS) is 9.29. The van der Waals surface area contributed by atoms with Crippen molar-refractivity contribution in [3.05, 3.63) is 0 Å². The van der Waals surface area contributed by atoms with Crippen molar-refractivity contribution in [3.63, 3.8) is 0 Å². The van der Waals surface area contributed by atoms with Crippen LogP contribution in [0.15, 0.2) is 0 Å². The van der Waals surface area contributed by atoms with Gasteiger partial charge in [-0.25, -0.2) is 5.84 Å². The van der Waals surface area contributed by atoms with Gasteiger partial charge >= 0.3 is 0 Å². The molecule has 0 aliphatic heterocycles. The third-order valence-corrected chi connectivity index (χ3v) is 1.22. The molecule has 0 aromatic carbocycles. The SMILES string of the molecule is CCCC(=O)NN.COC(OC)OC. The number of hydrogen-bond donors (Lipinski definition) is 2. The quantitative estimate of drug-likeness (QED) is 0.287. The second kappa shape index (κ2) is 12.3. The molecule has 0 saturated heterocycles. The summed E-state index contributed by atoms with van der Waals surface area (Å²) >= 11 is 0. The van der Waals surface area contributed by atoms with E-state index >= 15 is 0 Å². The molecule has 1 amide bonds. The minimum absolute atomic E-state index is 0.0949. The Labute approximate surface area is 84.7 Å². The summed E-state index contributed by atoms with van der Waals surface area (Å²) < 4.78 is 13.8. The van der Waals surface area contributed by atoms with E-state index in [-0.39, 0.29) is 5.91 Å². The minimum Gasteiger partial charge on any atom is -0.333 e. The molecule has 0 aromatic rings. The first-order valence-electron chi connectivity index (χ1n) is 4.24. The Morgan fingerprint density at radius 3 is 1.79 bits per heavy atom. The highest BCUT2D eigenvalue weighted by molar-refractivity contribution is 5.74. The molecular formula is C8H20N2O4. The Bertz CT molecular complexity index is 123. The largest absolute Gasteiger partial charge is 0.333 e. The predicted molar refractivity (Wildman–Crippen MR) is 52.1 cm³/mol. The summed E-state index contributed by atoms with van der Waals surface area (Å²) in [6.45, 7) is 1.41. The lowest BCUT2D eigenvalue weighted by atomic mass is 10.3. The first kappa shape index (κ1) is 15.8. The van der Waals surface area contributed by atoms with Crippen molar-refractivity contribution < 1.29 is 19.0 Å². The lowest BCUT2D eigenvalue weighted by Crippen LogP contribution is -2.29. The number of ether oxygens (including phenoxy) is 3. The maximum atomic E-state index is 10.2. The molecule has 0 spiro atoms. The molecule has 0 unspecified atom stereocenters. The smallest absolute Gasteiger partial charge is 0.270 e. The van der Waals surface area contributed by atoms with Gasteiger partial charge in [-0.05, 0) is 6.42 Å². The van der Waals surface area contributed by atoms with Crippen molar-refractivity contribution in [1.29, 1.82) is 0 Å². The van der Waals surface area contributed by atoms with E-state index in [1.54, 1.807) is 0 Å². The van der Waals surface area contributed by atoms with Crippen LogP contribution in [0.1, 0.15) is 19.8 Å². The van der Waals surface area contributed by atoms with Gasteiger partial charge in [0, 0.05) is 27.8 Å². The van der Waals surface area contributed by atoms with E-state index < -0.39 is 6.48 Å². The van der Waals surface area contributed by atoms with Gasteiger partial charge in [0.2, 0.25) is 5.91 Å². The summed E-state index contributed by atoms with van der Waals surface area (Å²) in [5, 5.41) is 0. The fraction of sp³-hybridized carbons (Fsp3) is 0.875. The van der Waals surface area contributed by atoms with Crippen LogP contribution in [0.4, 0.5) is 0 Å². The number of nitrogens with one attached hydrogen (secondary N) is 1. The zero-order valence-electron chi connectivity index (χ0n) is 9.20. The van der Waals surface area contributed by atoms with Crippen LogP contribution in [0.25, 0.3) is 0 Å². The number of hydrazine groups is 1. The van der Waals surface area contributed by atoms with E-state index in [4.69, 9.17) is 5.84 Å². The van der Waals surface area contributed by atoms with Gasteiger partial charge in [0.1, 0.15) is 0 Å². The van der Waals surface area contributed by atoms with Gasteiger partial charge < -0.3 is 14.2 Å². The number of carbonyl (C=O) groups excluding carboxylic acids is 1. The van der Waals surface area contributed by atoms with Gasteiger partial charge in [-0.15, -0.1) is 0 Å². The maximum Gasteiger partial charge on any atom is 0.270 e. The zero-order valence-corrected chi connectivity index (χ0v) is 9.20. The number of rotatable bonds is 5. The van der Waals surface area contributed by atoms with Crippen molar-refractivity contribution in [3.8, 4) is 0 Å². The Morgan fingerprint density at radius 1 is 1.29 bits per heavy atom. The van der Waals surface area contributed by atoms with Gasteiger partial charge in [0.15, 0.2) is 0 Å². The fourth-order valence-corrected chi connectivity index (χ4v) is 0.588. The Morgan fingerprint density at radius 2 is 1.71 bits per heavy atom. The number of amides is 1. The van der Waals surface area contributed by atoms with Crippen LogP contribution in [0.2, 0.25) is 0 Å². The van der Waals surface area contributed by atoms with Crippen LogP contribution in [-0.4, -0.2) is 33.7 Å². The second-order valence-electron chi connectivity index (χ2n) is 2.31. The highest BCUT2D eigenvalue weighted by atomic mass is 16.8. The average Bonchev–Trinajstić information content (AvgIpc) is 2.22. The van der Waals surface area contributed by atoms with Crippen molar-refractivity contribution in [2.24, 2.45) is 5.84 Å². The Kier molecular flexibility index (Phi) is 13.9. The number of methoxy groups -OCH3 is 3. The molecule has 0 atom stereocenters. The van der Waals surface area contributed by atoms with Crippen LogP contribution < -0.4 is 11.3 Å². The molecule has 0 bridgehead atoms. The number of nitrogens with two attached hydrogens (primary N) is 1. The monoisotopic (exact) mass is 208 g/mol. The van der Waals surface area contributed by atoms with Crippen LogP contribution >= 0.6 is 0 Å². The van der Waals surface area contributed by atoms with Gasteiger partial charge in [0.25, 0.3) is 6.48 Å². The summed E-state index contributed by atoms with van der Waals surface area (Å²) in [5.74, 6) is 4.66. The zero-order chi connectivity index (χ0) is 11.4. The van der Waals surface area contributed by atoms with Gasteiger partial charge in [0.05, 0.1) is 0 Å². The third kappa shape index (κ3) is 11.3. The van der Waals surface area contributed by atoms with Crippen molar-refractivity contribution in [1.82, 2.24) is 5.43 Å². The fourth-order valence-electron chi connectivity index (χ4n) is 0.588. The van der Waals surface area contributed by atoms with E-state index in [0.717, 1.165) is 6.42 Å². The van der Waals surface area contributed by atoms with Gasteiger partial charge in [-0.2, -0.15) is 0 Å². The van der Waals surface area contributed by atoms with Crippen LogP contribution in [-0.2, 0) is 19.0 Å². The van der Waals surface area contributed by atoms with Crippen LogP contribution in [0, 0.1) is 0 Å². The standard InChI is InChI=1S/C4H10N2O.C4H10O3/c1-2-3-4(7)6-5;1-5-4(6-2)7-3/h2-3,5H2,1H3,(H,6,7);4H,1-3H3. The molecule has 6 nitrogen and oxygen atoms in total. The van der Waals surface area contributed by atoms with E-state index in [0.29, 0.717) is 6.42 Å². The Hall–Kier alpha value is -0.690. The van der Waals surface area contributed by atoms with E-state index in [1.165, 1.54) is 21.3 Å². The molecule has 86 valence electrons. The van der Waals surface area contributed by atoms with E-state index in [9.17, 15) is 4.79 Å². The topological polar surface area (TPSA) is 82.8 Å². The first-order valence-corrected chi connectivity index (χ1v) is 4.24. The van der Waals surface area contributed by atoms with Crippen LogP contribution in [0.5, 0.6) is 0 Å². The van der Waals surface area contributed by atoms with Gasteiger partial charge in [-0.1, -0.05) is 6.92 Å². The molecule has 6 heteroatoms. The van der Waals surface area contributed by atoms with E-state index in [2.05, 4.69) is 14.2 Å². The molecule has 0 aromatic heterocycles. The molecule has 0 radical (unpaired) electrons. The summed E-state index contributed by atoms with van der Waals surface area (Å²) in [4.78, 5) is 10.2. The molecular weight excluding hydrogens is 188 g/mol. The lowest BCUT2D eigenvalue weighted by Gasteiger charge is -2.08. The highest BCUT2D eigenvalue weighted by Gasteiger charge is 1.96. The summed E-state index contributed by atoms with van der Waals surface area (Å²) in [5.41, 5.74) is 2.03. The van der Waals surface area contributed by atoms with Crippen LogP contribution in [0.3, 0.4) is 0 Å². The summed E-state index contributed by atoms with van der Waals surface area (Å²) in [6, 6.07) is 0. The summed E-state index contributed by atoms with van der Waals surface area (Å²) in [7, 11) is 4.53. The predicted octanol–water partition coefficient (Wildman–Crippen LogP) is -0.0144.